The number of ether oxygens (including phenoxy) is 3. The van der Waals surface area contributed by atoms with Gasteiger partial charge in [0.25, 0.3) is 0 Å². The summed E-state index contributed by atoms with van der Waals surface area (Å²) in [7, 11) is 5.38. The SMILES string of the molecule is CC/C=C/C/C=C/C/C=C/C/C=C/C/C=C/CCCCCCCCCC(=O)OC(COCCC(C(=O)[O-])[N+](C)(C)C)COC(=O)CC/C=C/C/C=C/CCCCCCCC. The van der Waals surface area contributed by atoms with Crippen LogP contribution in [0.4, 0.5) is 0 Å². The number of carbonyl (C=O) groups is 3. The highest BCUT2D eigenvalue weighted by atomic mass is 16.6. The molecule has 2 unspecified atom stereocenters. The Morgan fingerprint density at radius 2 is 0.967 bits per heavy atom. The van der Waals surface area contributed by atoms with E-state index in [0.717, 1.165) is 77.0 Å². The van der Waals surface area contributed by atoms with Gasteiger partial charge in [0.05, 0.1) is 40.3 Å². The molecule has 0 amide bonds. The van der Waals surface area contributed by atoms with Gasteiger partial charge in [0, 0.05) is 19.3 Å². The summed E-state index contributed by atoms with van der Waals surface area (Å²) in [6.07, 6.45) is 54.8. The number of esters is 2. The second-order valence-electron chi connectivity index (χ2n) is 16.6. The van der Waals surface area contributed by atoms with Crippen molar-refractivity contribution in [2.75, 3.05) is 41.0 Å². The van der Waals surface area contributed by atoms with Crippen LogP contribution in [0.2, 0.25) is 0 Å². The molecule has 0 aliphatic heterocycles. The van der Waals surface area contributed by atoms with Crippen molar-refractivity contribution in [2.24, 2.45) is 0 Å². The smallest absolute Gasteiger partial charge is 0.306 e. The first-order valence-electron chi connectivity index (χ1n) is 23.6. The van der Waals surface area contributed by atoms with Gasteiger partial charge in [-0.3, -0.25) is 9.59 Å². The van der Waals surface area contributed by atoms with Gasteiger partial charge in [0.15, 0.2) is 6.10 Å². The highest BCUT2D eigenvalue weighted by Crippen LogP contribution is 2.13. The molecule has 0 rings (SSSR count). The summed E-state index contributed by atoms with van der Waals surface area (Å²) in [4.78, 5) is 36.9. The number of likely N-dealkylation sites (N-methyl/N-ethyl adjacent to an activating group) is 1. The first-order chi connectivity index (χ1) is 29.1. The number of hydrogen-bond acceptors (Lipinski definition) is 7. The Hall–Kier alpha value is -3.49. The topological polar surface area (TPSA) is 102 Å². The predicted molar refractivity (Wildman–Crippen MR) is 249 cm³/mol. The lowest BCUT2D eigenvalue weighted by molar-refractivity contribution is -0.889. The standard InChI is InChI=1S/C52H87NO7/c1-6-8-10-12-14-16-18-20-21-22-23-24-25-26-27-28-29-31-33-35-37-39-41-43-51(55)60-48(46-58-45-44-49(52(56)57)53(3,4)5)47-59-50(54)42-40-38-36-34-32-30-19-17-15-13-11-9-7-2/h8,10,14,16,20-21,23-24,26-27,30,32,36,38,48-49H,6-7,9,11-13,15,17-19,22,25,28-29,31,33-35,37,39-47H2,1-5H3/b10-8+,16-14+,21-20+,24-23+,27-26+,32-30+,38-36+. The summed E-state index contributed by atoms with van der Waals surface area (Å²) in [5, 5.41) is 11.6. The number of carbonyl (C=O) groups excluding carboxylic acids is 3. The third kappa shape index (κ3) is 39.9. The first-order valence-corrected chi connectivity index (χ1v) is 23.6. The molecule has 0 fully saturated rings. The van der Waals surface area contributed by atoms with E-state index in [0.29, 0.717) is 12.8 Å². The molecular weight excluding hydrogens is 751 g/mol. The first kappa shape index (κ1) is 56.5. The quantitative estimate of drug-likeness (QED) is 0.0261. The third-order valence-electron chi connectivity index (χ3n) is 10.0. The second-order valence-corrected chi connectivity index (χ2v) is 16.6. The molecule has 8 nitrogen and oxygen atoms in total. The van der Waals surface area contributed by atoms with E-state index in [2.05, 4.69) is 92.8 Å². The monoisotopic (exact) mass is 838 g/mol. The largest absolute Gasteiger partial charge is 0.544 e. The van der Waals surface area contributed by atoms with E-state index in [-0.39, 0.29) is 49.1 Å². The minimum atomic E-state index is -1.14. The maximum Gasteiger partial charge on any atom is 0.306 e. The molecule has 0 aliphatic carbocycles. The molecule has 342 valence electrons. The van der Waals surface area contributed by atoms with Crippen LogP contribution in [0.25, 0.3) is 0 Å². The zero-order valence-corrected chi connectivity index (χ0v) is 38.8. The van der Waals surface area contributed by atoms with Crippen molar-refractivity contribution >= 4 is 17.9 Å². The van der Waals surface area contributed by atoms with Gasteiger partial charge in [-0.25, -0.2) is 0 Å². The van der Waals surface area contributed by atoms with Crippen molar-refractivity contribution in [1.29, 1.82) is 0 Å². The predicted octanol–water partition coefficient (Wildman–Crippen LogP) is 12.0. The van der Waals surface area contributed by atoms with Crippen molar-refractivity contribution in [3.8, 4) is 0 Å². The minimum absolute atomic E-state index is 0.0144. The highest BCUT2D eigenvalue weighted by molar-refractivity contribution is 5.70. The number of rotatable bonds is 41. The molecule has 0 aromatic rings. The number of carboxylic acid groups (broad SMARTS) is 1. The maximum atomic E-state index is 12.7. The minimum Gasteiger partial charge on any atom is -0.544 e. The molecule has 8 heteroatoms. The van der Waals surface area contributed by atoms with Crippen LogP contribution in [0.15, 0.2) is 85.1 Å². The molecule has 0 N–H and O–H groups in total. The van der Waals surface area contributed by atoms with Gasteiger partial charge in [-0.15, -0.1) is 0 Å². The lowest BCUT2D eigenvalue weighted by atomic mass is 10.1. The van der Waals surface area contributed by atoms with Crippen molar-refractivity contribution in [1.82, 2.24) is 0 Å². The van der Waals surface area contributed by atoms with Gasteiger partial charge in [0.2, 0.25) is 0 Å². The van der Waals surface area contributed by atoms with Crippen LogP contribution in [0.1, 0.15) is 174 Å². The Kier molecular flexibility index (Phi) is 39.8. The van der Waals surface area contributed by atoms with Crippen LogP contribution in [0.5, 0.6) is 0 Å². The molecule has 0 radical (unpaired) electrons. The van der Waals surface area contributed by atoms with E-state index >= 15 is 0 Å². The van der Waals surface area contributed by atoms with Gasteiger partial charge in [-0.2, -0.15) is 0 Å². The number of carboxylic acids is 1. The molecule has 0 heterocycles. The molecule has 0 aromatic heterocycles. The average Bonchev–Trinajstić information content (AvgIpc) is 3.21. The van der Waals surface area contributed by atoms with Crippen LogP contribution in [0, 0.1) is 0 Å². The molecule has 2 atom stereocenters. The molecular formula is C52H87NO7. The fourth-order valence-electron chi connectivity index (χ4n) is 6.38. The fourth-order valence-corrected chi connectivity index (χ4v) is 6.38. The summed E-state index contributed by atoms with van der Waals surface area (Å²) in [6.45, 7) is 4.45. The Balaban J connectivity index is 4.36. The summed E-state index contributed by atoms with van der Waals surface area (Å²) in [5.41, 5.74) is 0. The number of hydrogen-bond donors (Lipinski definition) is 0. The molecule has 0 aliphatic rings. The molecule has 0 bridgehead atoms. The maximum absolute atomic E-state index is 12.7. The van der Waals surface area contributed by atoms with E-state index in [9.17, 15) is 19.5 Å². The van der Waals surface area contributed by atoms with Crippen molar-refractivity contribution in [3.05, 3.63) is 85.1 Å². The zero-order chi connectivity index (χ0) is 44.2. The molecule has 60 heavy (non-hydrogen) atoms. The van der Waals surface area contributed by atoms with Gasteiger partial charge in [0.1, 0.15) is 12.6 Å². The molecule has 0 saturated heterocycles. The second kappa shape index (κ2) is 42.2. The Bertz CT molecular complexity index is 1250. The van der Waals surface area contributed by atoms with Crippen molar-refractivity contribution in [3.63, 3.8) is 0 Å². The van der Waals surface area contributed by atoms with E-state index in [4.69, 9.17) is 14.2 Å². The van der Waals surface area contributed by atoms with E-state index in [1.165, 1.54) is 57.8 Å². The van der Waals surface area contributed by atoms with Crippen molar-refractivity contribution < 1.29 is 38.2 Å². The van der Waals surface area contributed by atoms with Gasteiger partial charge < -0.3 is 28.6 Å². The van der Waals surface area contributed by atoms with Crippen LogP contribution >= 0.6 is 0 Å². The third-order valence-corrected chi connectivity index (χ3v) is 10.0. The molecule has 0 aromatic carbocycles. The lowest BCUT2D eigenvalue weighted by Gasteiger charge is -2.34. The van der Waals surface area contributed by atoms with E-state index in [1.54, 1.807) is 21.1 Å². The Morgan fingerprint density at radius 1 is 0.517 bits per heavy atom. The van der Waals surface area contributed by atoms with Gasteiger partial charge in [-0.1, -0.05) is 163 Å². The number of quaternary nitrogens is 1. The lowest BCUT2D eigenvalue weighted by Crippen LogP contribution is -2.55. The summed E-state index contributed by atoms with van der Waals surface area (Å²) in [6, 6.07) is -0.739. The summed E-state index contributed by atoms with van der Waals surface area (Å²) < 4.78 is 17.1. The number of aliphatic carboxylic acids is 1. The number of unbranched alkanes of at least 4 members (excludes halogenated alkanes) is 13. The molecule has 0 saturated carbocycles. The zero-order valence-electron chi connectivity index (χ0n) is 38.8. The van der Waals surface area contributed by atoms with Crippen molar-refractivity contribution in [2.45, 2.75) is 187 Å². The number of allylic oxidation sites excluding steroid dienone is 14. The van der Waals surface area contributed by atoms with Crippen LogP contribution in [0.3, 0.4) is 0 Å². The number of nitrogens with zero attached hydrogens (tertiary/aromatic N) is 1. The van der Waals surface area contributed by atoms with E-state index in [1.807, 2.05) is 6.08 Å². The summed E-state index contributed by atoms with van der Waals surface area (Å²) >= 11 is 0. The highest BCUT2D eigenvalue weighted by Gasteiger charge is 2.25. The van der Waals surface area contributed by atoms with E-state index < -0.39 is 18.1 Å². The van der Waals surface area contributed by atoms with Gasteiger partial charge >= 0.3 is 11.9 Å². The van der Waals surface area contributed by atoms with Crippen LogP contribution in [-0.4, -0.2) is 75.5 Å². The Morgan fingerprint density at radius 3 is 1.45 bits per heavy atom. The fraction of sp³-hybridized carbons (Fsp3) is 0.673. The average molecular weight is 838 g/mol. The van der Waals surface area contributed by atoms with Crippen LogP contribution in [-0.2, 0) is 28.6 Å². The Labute approximate surface area is 367 Å². The summed E-state index contributed by atoms with van der Waals surface area (Å²) in [5.74, 6) is -1.84. The molecule has 0 spiro atoms. The normalized spacial score (nSPS) is 13.7. The van der Waals surface area contributed by atoms with Crippen LogP contribution < -0.4 is 5.11 Å². The van der Waals surface area contributed by atoms with Gasteiger partial charge in [-0.05, 0) is 77.0 Å².